The Morgan fingerprint density at radius 3 is 2.74 bits per heavy atom. The third-order valence-corrected chi connectivity index (χ3v) is 4.93. The Kier molecular flexibility index (Phi) is 4.89. The van der Waals surface area contributed by atoms with Crippen LogP contribution in [0.2, 0.25) is 0 Å². The van der Waals surface area contributed by atoms with Crippen molar-refractivity contribution in [2.24, 2.45) is 0 Å². The zero-order chi connectivity index (χ0) is 14.0. The molecule has 1 unspecified atom stereocenters. The van der Waals surface area contributed by atoms with Crippen LogP contribution in [0.25, 0.3) is 0 Å². The number of fused-ring (bicyclic) bond motifs is 1. The third-order valence-electron chi connectivity index (χ3n) is 3.08. The van der Waals surface area contributed by atoms with E-state index in [9.17, 15) is 5.11 Å². The first-order valence-corrected chi connectivity index (χ1v) is 7.80. The molecule has 1 aliphatic heterocycles. The third kappa shape index (κ3) is 2.81. The second-order valence-electron chi connectivity index (χ2n) is 4.47. The number of phenolic OH excluding ortho intramolecular Hbond substituents is 1. The van der Waals surface area contributed by atoms with Crippen molar-refractivity contribution in [1.82, 2.24) is 0 Å². The van der Waals surface area contributed by atoms with Gasteiger partial charge in [-0.1, -0.05) is 0 Å². The molecule has 19 heavy (non-hydrogen) atoms. The van der Waals surface area contributed by atoms with Gasteiger partial charge in [0.05, 0.1) is 12.8 Å². The van der Waals surface area contributed by atoms with Crippen LogP contribution >= 0.6 is 23.8 Å². The lowest BCUT2D eigenvalue weighted by atomic mass is 10.0. The van der Waals surface area contributed by atoms with Crippen LogP contribution in [0.3, 0.4) is 0 Å². The highest BCUT2D eigenvalue weighted by molar-refractivity contribution is 7.99. The number of rotatable bonds is 4. The van der Waals surface area contributed by atoms with Gasteiger partial charge in [-0.05, 0) is 18.1 Å². The Labute approximate surface area is 122 Å². The molecular weight excluding hydrogens is 282 g/mol. The normalized spacial score (nSPS) is 18.2. The molecule has 1 atom stereocenters. The summed E-state index contributed by atoms with van der Waals surface area (Å²) in [5.41, 5.74) is 3.18. The quantitative estimate of drug-likeness (QED) is 0.862. The molecule has 0 saturated carbocycles. The van der Waals surface area contributed by atoms with Crippen molar-refractivity contribution in [2.45, 2.75) is 16.8 Å². The lowest BCUT2D eigenvalue weighted by Crippen LogP contribution is -2.18. The SMILES string of the molecule is COSc1cc(O)c(N(C)C)c2c1C(OC)SCC2. The van der Waals surface area contributed by atoms with E-state index in [0.29, 0.717) is 5.75 Å². The lowest BCUT2D eigenvalue weighted by molar-refractivity contribution is 0.171. The van der Waals surface area contributed by atoms with Gasteiger partial charge in [0, 0.05) is 49.5 Å². The van der Waals surface area contributed by atoms with E-state index < -0.39 is 0 Å². The van der Waals surface area contributed by atoms with Gasteiger partial charge in [-0.15, -0.1) is 11.8 Å². The number of nitrogens with zero attached hydrogens (tertiary/aromatic N) is 1. The second kappa shape index (κ2) is 6.26. The smallest absolute Gasteiger partial charge is 0.140 e. The minimum atomic E-state index is 0.000648. The fourth-order valence-electron chi connectivity index (χ4n) is 2.41. The van der Waals surface area contributed by atoms with E-state index >= 15 is 0 Å². The number of thioether (sulfide) groups is 1. The molecule has 0 fully saturated rings. The predicted molar refractivity (Wildman–Crippen MR) is 81.2 cm³/mol. The zero-order valence-electron chi connectivity index (χ0n) is 11.6. The summed E-state index contributed by atoms with van der Waals surface area (Å²) in [6, 6.07) is 1.76. The number of anilines is 1. The van der Waals surface area contributed by atoms with Gasteiger partial charge in [0.25, 0.3) is 0 Å². The summed E-state index contributed by atoms with van der Waals surface area (Å²) >= 11 is 3.05. The standard InChI is InChI=1S/C13H19NO3S2/c1-14(2)12-8-5-6-18-13(16-3)11(8)10(19-17-4)7-9(12)15/h7,13,15H,5-6H2,1-4H3. The molecule has 0 spiro atoms. The first kappa shape index (κ1) is 14.8. The minimum Gasteiger partial charge on any atom is -0.506 e. The van der Waals surface area contributed by atoms with Crippen LogP contribution in [0.4, 0.5) is 5.69 Å². The highest BCUT2D eigenvalue weighted by Gasteiger charge is 2.29. The molecule has 1 heterocycles. The average Bonchev–Trinajstić information content (AvgIpc) is 2.37. The monoisotopic (exact) mass is 301 g/mol. The van der Waals surface area contributed by atoms with Gasteiger partial charge in [0.2, 0.25) is 0 Å². The molecule has 0 saturated heterocycles. The largest absolute Gasteiger partial charge is 0.506 e. The van der Waals surface area contributed by atoms with Crippen LogP contribution in [0.5, 0.6) is 5.75 Å². The van der Waals surface area contributed by atoms with Crippen molar-refractivity contribution in [1.29, 1.82) is 0 Å². The Morgan fingerprint density at radius 1 is 1.42 bits per heavy atom. The van der Waals surface area contributed by atoms with E-state index in [0.717, 1.165) is 33.9 Å². The van der Waals surface area contributed by atoms with Crippen molar-refractivity contribution in [2.75, 3.05) is 39.0 Å². The van der Waals surface area contributed by atoms with Crippen LogP contribution in [0.15, 0.2) is 11.0 Å². The maximum absolute atomic E-state index is 10.2. The summed E-state index contributed by atoms with van der Waals surface area (Å²) in [4.78, 5) is 2.89. The molecule has 2 rings (SSSR count). The molecule has 106 valence electrons. The summed E-state index contributed by atoms with van der Waals surface area (Å²) in [5.74, 6) is 1.29. The molecule has 0 aliphatic carbocycles. The minimum absolute atomic E-state index is 0.000648. The van der Waals surface area contributed by atoms with Gasteiger partial charge < -0.3 is 18.9 Å². The maximum Gasteiger partial charge on any atom is 0.140 e. The molecule has 0 bridgehead atoms. The first-order valence-electron chi connectivity index (χ1n) is 6.01. The highest BCUT2D eigenvalue weighted by atomic mass is 32.2. The van der Waals surface area contributed by atoms with Crippen molar-refractivity contribution < 1.29 is 14.0 Å². The van der Waals surface area contributed by atoms with Gasteiger partial charge in [0.15, 0.2) is 0 Å². The topological polar surface area (TPSA) is 41.9 Å². The van der Waals surface area contributed by atoms with E-state index in [4.69, 9.17) is 8.92 Å². The van der Waals surface area contributed by atoms with Crippen LogP contribution in [-0.2, 0) is 15.3 Å². The van der Waals surface area contributed by atoms with Crippen molar-refractivity contribution in [3.8, 4) is 5.75 Å². The molecule has 1 aliphatic rings. The highest BCUT2D eigenvalue weighted by Crippen LogP contribution is 2.48. The van der Waals surface area contributed by atoms with Crippen molar-refractivity contribution >= 4 is 29.5 Å². The van der Waals surface area contributed by atoms with Gasteiger partial charge >= 0.3 is 0 Å². The summed E-state index contributed by atoms with van der Waals surface area (Å²) in [7, 11) is 7.24. The van der Waals surface area contributed by atoms with Gasteiger partial charge in [0.1, 0.15) is 11.2 Å². The fraction of sp³-hybridized carbons (Fsp3) is 0.538. The molecule has 4 nitrogen and oxygen atoms in total. The first-order chi connectivity index (χ1) is 9.10. The van der Waals surface area contributed by atoms with E-state index in [1.165, 1.54) is 12.0 Å². The van der Waals surface area contributed by atoms with E-state index in [1.54, 1.807) is 32.0 Å². The Morgan fingerprint density at radius 2 is 2.16 bits per heavy atom. The van der Waals surface area contributed by atoms with E-state index in [-0.39, 0.29) is 5.44 Å². The molecule has 0 radical (unpaired) electrons. The summed E-state index contributed by atoms with van der Waals surface area (Å²) in [6.07, 6.45) is 0.930. The summed E-state index contributed by atoms with van der Waals surface area (Å²) < 4.78 is 10.7. The fourth-order valence-corrected chi connectivity index (χ4v) is 4.25. The molecule has 0 aromatic heterocycles. The average molecular weight is 301 g/mol. The Bertz CT molecular complexity index is 466. The van der Waals surface area contributed by atoms with E-state index in [1.807, 2.05) is 19.0 Å². The number of methoxy groups -OCH3 is 1. The molecular formula is C13H19NO3S2. The number of phenols is 1. The zero-order valence-corrected chi connectivity index (χ0v) is 13.2. The number of hydrogen-bond acceptors (Lipinski definition) is 6. The molecule has 6 heteroatoms. The van der Waals surface area contributed by atoms with Crippen LogP contribution in [0, 0.1) is 0 Å². The van der Waals surface area contributed by atoms with Crippen LogP contribution in [0.1, 0.15) is 16.6 Å². The maximum atomic E-state index is 10.2. The van der Waals surface area contributed by atoms with Gasteiger partial charge in [-0.2, -0.15) is 0 Å². The van der Waals surface area contributed by atoms with Gasteiger partial charge in [-0.3, -0.25) is 0 Å². The Hall–Kier alpha value is -0.560. The van der Waals surface area contributed by atoms with Gasteiger partial charge in [-0.25, -0.2) is 0 Å². The number of aromatic hydroxyl groups is 1. The molecule has 0 amide bonds. The predicted octanol–water partition coefficient (Wildman–Crippen LogP) is 3.05. The second-order valence-corrected chi connectivity index (χ2v) is 6.58. The van der Waals surface area contributed by atoms with E-state index in [2.05, 4.69) is 0 Å². The summed E-state index contributed by atoms with van der Waals surface area (Å²) in [5, 5.41) is 10.2. The van der Waals surface area contributed by atoms with Crippen LogP contribution in [-0.4, -0.2) is 39.2 Å². The number of benzene rings is 1. The number of hydrogen-bond donors (Lipinski definition) is 1. The lowest BCUT2D eigenvalue weighted by Gasteiger charge is -2.30. The molecule has 1 N–H and O–H groups in total. The number of ether oxygens (including phenoxy) is 1. The van der Waals surface area contributed by atoms with Crippen LogP contribution < -0.4 is 4.90 Å². The Balaban J connectivity index is 2.63. The summed E-state index contributed by atoms with van der Waals surface area (Å²) in [6.45, 7) is 0. The molecule has 1 aromatic carbocycles. The molecule has 1 aromatic rings. The van der Waals surface area contributed by atoms with Crippen molar-refractivity contribution in [3.63, 3.8) is 0 Å². The van der Waals surface area contributed by atoms with Crippen molar-refractivity contribution in [3.05, 3.63) is 17.2 Å².